The van der Waals surface area contributed by atoms with Gasteiger partial charge in [0.2, 0.25) is 11.8 Å². The highest BCUT2D eigenvalue weighted by atomic mass is 16.5. The molecule has 1 aromatic heterocycles. The summed E-state index contributed by atoms with van der Waals surface area (Å²) in [7, 11) is 1.66. The molecular formula is C21H30N4O4. The molecule has 1 atom stereocenters. The van der Waals surface area contributed by atoms with Crippen molar-refractivity contribution >= 4 is 5.91 Å². The number of methoxy groups -OCH3 is 1. The number of nitrogens with zero attached hydrogens (tertiary/aromatic N) is 3. The van der Waals surface area contributed by atoms with Gasteiger partial charge >= 0.3 is 0 Å². The Morgan fingerprint density at radius 2 is 2.00 bits per heavy atom. The molecule has 1 N–H and O–H groups in total. The summed E-state index contributed by atoms with van der Waals surface area (Å²) >= 11 is 0. The molecule has 1 aliphatic rings. The van der Waals surface area contributed by atoms with E-state index in [9.17, 15) is 4.79 Å². The zero-order valence-electron chi connectivity index (χ0n) is 17.2. The summed E-state index contributed by atoms with van der Waals surface area (Å²) < 4.78 is 15.9. The molecule has 3 rings (SSSR count). The zero-order chi connectivity index (χ0) is 20.5. The summed E-state index contributed by atoms with van der Waals surface area (Å²) in [5, 5.41) is 6.99. The average molecular weight is 402 g/mol. The smallest absolute Gasteiger partial charge is 0.227 e. The Morgan fingerprint density at radius 3 is 2.69 bits per heavy atom. The van der Waals surface area contributed by atoms with Crippen molar-refractivity contribution in [1.29, 1.82) is 0 Å². The van der Waals surface area contributed by atoms with Gasteiger partial charge in [-0.2, -0.15) is 4.98 Å². The monoisotopic (exact) mass is 402 g/mol. The lowest BCUT2D eigenvalue weighted by Gasteiger charge is -2.35. The molecular weight excluding hydrogens is 372 g/mol. The number of carbonyl (C=O) groups is 1. The second-order valence-corrected chi connectivity index (χ2v) is 7.10. The van der Waals surface area contributed by atoms with Crippen LogP contribution < -0.4 is 10.1 Å². The lowest BCUT2D eigenvalue weighted by molar-refractivity contribution is -0.121. The molecule has 158 valence electrons. The first-order valence-corrected chi connectivity index (χ1v) is 10.2. The summed E-state index contributed by atoms with van der Waals surface area (Å²) in [4.78, 5) is 19.1. The van der Waals surface area contributed by atoms with Crippen LogP contribution in [-0.2, 0) is 22.4 Å². The van der Waals surface area contributed by atoms with Crippen LogP contribution in [0.15, 0.2) is 28.8 Å². The van der Waals surface area contributed by atoms with E-state index in [2.05, 4.69) is 39.4 Å². The summed E-state index contributed by atoms with van der Waals surface area (Å²) in [5.41, 5.74) is 1.15. The van der Waals surface area contributed by atoms with Crippen molar-refractivity contribution in [3.05, 3.63) is 41.5 Å². The highest BCUT2D eigenvalue weighted by Crippen LogP contribution is 2.23. The van der Waals surface area contributed by atoms with E-state index < -0.39 is 0 Å². The number of rotatable bonds is 10. The third-order valence-corrected chi connectivity index (χ3v) is 5.03. The van der Waals surface area contributed by atoms with E-state index in [1.165, 1.54) is 0 Å². The van der Waals surface area contributed by atoms with Gasteiger partial charge in [0, 0.05) is 38.9 Å². The van der Waals surface area contributed by atoms with Gasteiger partial charge < -0.3 is 19.3 Å². The Labute approximate surface area is 171 Å². The molecule has 0 spiro atoms. The highest BCUT2D eigenvalue weighted by molar-refractivity contribution is 5.76. The minimum absolute atomic E-state index is 0.0213. The minimum Gasteiger partial charge on any atom is -0.497 e. The van der Waals surface area contributed by atoms with Crippen molar-refractivity contribution in [2.75, 3.05) is 40.0 Å². The number of amides is 1. The molecule has 8 nitrogen and oxygen atoms in total. The van der Waals surface area contributed by atoms with Crippen LogP contribution in [-0.4, -0.2) is 60.9 Å². The van der Waals surface area contributed by atoms with Gasteiger partial charge in [-0.05, 0) is 24.1 Å². The third-order valence-electron chi connectivity index (χ3n) is 5.03. The normalized spacial score (nSPS) is 15.8. The SMILES string of the molecule is CCCc1noc(CCC(=O)NCC(c2ccc(OC)cc2)N2CCOCC2)n1. The predicted molar refractivity (Wildman–Crippen MR) is 108 cm³/mol. The maximum absolute atomic E-state index is 12.4. The van der Waals surface area contributed by atoms with E-state index in [4.69, 9.17) is 14.0 Å². The second kappa shape index (κ2) is 10.9. The van der Waals surface area contributed by atoms with E-state index in [1.54, 1.807) is 7.11 Å². The molecule has 1 saturated heterocycles. The standard InChI is InChI=1S/C21H30N4O4/c1-3-4-19-23-21(29-24-19)10-9-20(26)22-15-18(25-11-13-28-14-12-25)16-5-7-17(27-2)8-6-16/h5-8,18H,3-4,9-15H2,1-2H3,(H,22,26). The van der Waals surface area contributed by atoms with Crippen LogP contribution >= 0.6 is 0 Å². The Kier molecular flexibility index (Phi) is 8.01. The fraction of sp³-hybridized carbons (Fsp3) is 0.571. The molecule has 2 heterocycles. The minimum atomic E-state index is -0.0213. The molecule has 1 aromatic carbocycles. The molecule has 0 saturated carbocycles. The van der Waals surface area contributed by atoms with Crippen molar-refractivity contribution in [1.82, 2.24) is 20.4 Å². The van der Waals surface area contributed by atoms with Crippen molar-refractivity contribution in [3.8, 4) is 5.75 Å². The summed E-state index contributed by atoms with van der Waals surface area (Å²) in [6.07, 6.45) is 2.53. The number of hydrogen-bond acceptors (Lipinski definition) is 7. The molecule has 0 radical (unpaired) electrons. The quantitative estimate of drug-likeness (QED) is 0.651. The molecule has 1 aliphatic heterocycles. The van der Waals surface area contributed by atoms with Gasteiger partial charge in [-0.3, -0.25) is 9.69 Å². The largest absolute Gasteiger partial charge is 0.497 e. The fourth-order valence-electron chi connectivity index (χ4n) is 3.41. The summed E-state index contributed by atoms with van der Waals surface area (Å²) in [5.74, 6) is 2.02. The van der Waals surface area contributed by atoms with Gasteiger partial charge in [-0.1, -0.05) is 24.2 Å². The van der Waals surface area contributed by atoms with Crippen LogP contribution in [0, 0.1) is 0 Å². The van der Waals surface area contributed by atoms with Gasteiger partial charge in [0.1, 0.15) is 5.75 Å². The van der Waals surface area contributed by atoms with Crippen LogP contribution in [0.2, 0.25) is 0 Å². The van der Waals surface area contributed by atoms with Gasteiger partial charge in [0.25, 0.3) is 0 Å². The molecule has 1 unspecified atom stereocenters. The highest BCUT2D eigenvalue weighted by Gasteiger charge is 2.23. The van der Waals surface area contributed by atoms with Crippen LogP contribution in [0.5, 0.6) is 5.75 Å². The predicted octanol–water partition coefficient (Wildman–Crippen LogP) is 2.15. The number of hydrogen-bond donors (Lipinski definition) is 1. The van der Waals surface area contributed by atoms with Gasteiger partial charge in [0.05, 0.1) is 26.4 Å². The number of carbonyl (C=O) groups excluding carboxylic acids is 1. The molecule has 8 heteroatoms. The number of aromatic nitrogens is 2. The maximum atomic E-state index is 12.4. The van der Waals surface area contributed by atoms with Crippen LogP contribution in [0.3, 0.4) is 0 Å². The van der Waals surface area contributed by atoms with Gasteiger partial charge in [-0.25, -0.2) is 0 Å². The van der Waals surface area contributed by atoms with E-state index in [-0.39, 0.29) is 11.9 Å². The Balaban J connectivity index is 1.55. The molecule has 1 fully saturated rings. The van der Waals surface area contributed by atoms with Crippen molar-refractivity contribution in [3.63, 3.8) is 0 Å². The Hall–Kier alpha value is -2.45. The van der Waals surface area contributed by atoms with E-state index >= 15 is 0 Å². The van der Waals surface area contributed by atoms with Crippen molar-refractivity contribution < 1.29 is 18.8 Å². The molecule has 29 heavy (non-hydrogen) atoms. The van der Waals surface area contributed by atoms with Crippen molar-refractivity contribution in [2.45, 2.75) is 38.6 Å². The number of aryl methyl sites for hydroxylation is 2. The number of benzene rings is 1. The summed E-state index contributed by atoms with van der Waals surface area (Å²) in [6, 6.07) is 8.10. The number of ether oxygens (including phenoxy) is 2. The molecule has 2 aromatic rings. The first kappa shape index (κ1) is 21.3. The van der Waals surface area contributed by atoms with E-state index in [0.717, 1.165) is 37.2 Å². The van der Waals surface area contributed by atoms with E-state index in [1.807, 2.05) is 12.1 Å². The van der Waals surface area contributed by atoms with E-state index in [0.29, 0.717) is 44.3 Å². The molecule has 0 bridgehead atoms. The van der Waals surface area contributed by atoms with Crippen LogP contribution in [0.1, 0.15) is 43.1 Å². The number of nitrogens with one attached hydrogen (secondary N) is 1. The third kappa shape index (κ3) is 6.27. The topological polar surface area (TPSA) is 89.7 Å². The summed E-state index contributed by atoms with van der Waals surface area (Å²) in [6.45, 7) is 5.70. The van der Waals surface area contributed by atoms with Crippen LogP contribution in [0.4, 0.5) is 0 Å². The van der Waals surface area contributed by atoms with Crippen LogP contribution in [0.25, 0.3) is 0 Å². The Morgan fingerprint density at radius 1 is 1.24 bits per heavy atom. The lowest BCUT2D eigenvalue weighted by atomic mass is 10.0. The number of morpholine rings is 1. The lowest BCUT2D eigenvalue weighted by Crippen LogP contribution is -2.43. The first-order chi connectivity index (χ1) is 14.2. The first-order valence-electron chi connectivity index (χ1n) is 10.2. The average Bonchev–Trinajstić information content (AvgIpc) is 3.21. The van der Waals surface area contributed by atoms with Gasteiger partial charge in [-0.15, -0.1) is 0 Å². The zero-order valence-corrected chi connectivity index (χ0v) is 17.2. The van der Waals surface area contributed by atoms with Crippen molar-refractivity contribution in [2.24, 2.45) is 0 Å². The molecule has 0 aliphatic carbocycles. The van der Waals surface area contributed by atoms with Gasteiger partial charge in [0.15, 0.2) is 5.82 Å². The molecule has 1 amide bonds. The Bertz CT molecular complexity index is 756. The maximum Gasteiger partial charge on any atom is 0.227 e. The second-order valence-electron chi connectivity index (χ2n) is 7.10. The fourth-order valence-corrected chi connectivity index (χ4v) is 3.41.